The second-order valence-corrected chi connectivity index (χ2v) is 6.20. The molecule has 0 aliphatic rings. The highest BCUT2D eigenvalue weighted by Gasteiger charge is 2.19. The molecule has 8 heteroatoms. The first kappa shape index (κ1) is 18.7. The van der Waals surface area contributed by atoms with Gasteiger partial charge in [-0.15, -0.1) is 0 Å². The Balaban J connectivity index is 1.79. The first-order chi connectivity index (χ1) is 13.0. The van der Waals surface area contributed by atoms with Gasteiger partial charge in [0.2, 0.25) is 0 Å². The quantitative estimate of drug-likeness (QED) is 0.700. The summed E-state index contributed by atoms with van der Waals surface area (Å²) in [7, 11) is 3.25. The van der Waals surface area contributed by atoms with Crippen LogP contribution in [0, 0.1) is 6.92 Å². The van der Waals surface area contributed by atoms with Crippen LogP contribution in [0.4, 0.5) is 5.69 Å². The second-order valence-electron chi connectivity index (χ2n) is 5.84. The van der Waals surface area contributed by atoms with E-state index in [1.54, 1.807) is 51.7 Å². The molecule has 27 heavy (non-hydrogen) atoms. The Hall–Kier alpha value is -3.06. The molecule has 0 fully saturated rings. The van der Waals surface area contributed by atoms with Crippen molar-refractivity contribution in [3.63, 3.8) is 0 Å². The fraction of sp³-hybridized carbons (Fsp3) is 0.211. The maximum Gasteiger partial charge on any atom is 0.260 e. The van der Waals surface area contributed by atoms with Crippen LogP contribution >= 0.6 is 11.6 Å². The van der Waals surface area contributed by atoms with Crippen LogP contribution in [0.5, 0.6) is 11.5 Å². The minimum Gasteiger partial charge on any atom is -0.493 e. The van der Waals surface area contributed by atoms with E-state index in [4.69, 9.17) is 21.1 Å². The average Bonchev–Trinajstić information content (AvgIpc) is 2.92. The lowest BCUT2D eigenvalue weighted by molar-refractivity contribution is 0.102. The molecule has 1 N–H and O–H groups in total. The van der Waals surface area contributed by atoms with E-state index in [0.717, 1.165) is 5.56 Å². The zero-order valence-electron chi connectivity index (χ0n) is 15.2. The van der Waals surface area contributed by atoms with E-state index in [0.29, 0.717) is 35.1 Å². The molecule has 1 aromatic carbocycles. The number of hydrogen-bond donors (Lipinski definition) is 1. The predicted molar refractivity (Wildman–Crippen MR) is 102 cm³/mol. The zero-order valence-corrected chi connectivity index (χ0v) is 15.9. The fourth-order valence-corrected chi connectivity index (χ4v) is 2.85. The molecular weight excluding hydrogens is 368 g/mol. The third kappa shape index (κ3) is 4.20. The molecule has 0 spiro atoms. The number of methoxy groups -OCH3 is 1. The molecule has 2 heterocycles. The summed E-state index contributed by atoms with van der Waals surface area (Å²) in [6.07, 6.45) is 3.40. The van der Waals surface area contributed by atoms with Crippen molar-refractivity contribution in [1.82, 2.24) is 14.8 Å². The molecule has 0 saturated heterocycles. The number of nitrogens with one attached hydrogen (secondary N) is 1. The highest BCUT2D eigenvalue weighted by Crippen LogP contribution is 2.31. The number of benzene rings is 1. The van der Waals surface area contributed by atoms with Crippen LogP contribution in [0.15, 0.2) is 42.7 Å². The van der Waals surface area contributed by atoms with Gasteiger partial charge in [0.05, 0.1) is 18.4 Å². The van der Waals surface area contributed by atoms with Crippen molar-refractivity contribution in [2.75, 3.05) is 12.4 Å². The Labute approximate surface area is 161 Å². The predicted octanol–water partition coefficient (Wildman–Crippen LogP) is 3.62. The van der Waals surface area contributed by atoms with Crippen molar-refractivity contribution in [2.45, 2.75) is 13.5 Å². The van der Waals surface area contributed by atoms with Crippen molar-refractivity contribution < 1.29 is 14.3 Å². The van der Waals surface area contributed by atoms with Gasteiger partial charge >= 0.3 is 0 Å². The molecule has 2 aromatic heterocycles. The van der Waals surface area contributed by atoms with Gasteiger partial charge in [-0.25, -0.2) is 0 Å². The van der Waals surface area contributed by atoms with Gasteiger partial charge in [-0.3, -0.25) is 14.5 Å². The lowest BCUT2D eigenvalue weighted by Crippen LogP contribution is -2.13. The van der Waals surface area contributed by atoms with Crippen LogP contribution in [-0.4, -0.2) is 27.8 Å². The second kappa shape index (κ2) is 8.09. The van der Waals surface area contributed by atoms with Gasteiger partial charge in [0, 0.05) is 31.2 Å². The standard InChI is InChI=1S/C19H19ClN4O3/c1-12-17(18(20)24(2)23-12)19(25)22-14-4-5-15(26-3)16(10-14)27-11-13-6-8-21-9-7-13/h4-10H,11H2,1-3H3,(H,22,25). The van der Waals surface area contributed by atoms with E-state index in [2.05, 4.69) is 15.4 Å². The number of rotatable bonds is 6. The number of halogens is 1. The number of amides is 1. The maximum atomic E-state index is 12.6. The lowest BCUT2D eigenvalue weighted by atomic mass is 10.2. The van der Waals surface area contributed by atoms with E-state index in [1.165, 1.54) is 4.68 Å². The van der Waals surface area contributed by atoms with E-state index < -0.39 is 0 Å². The summed E-state index contributed by atoms with van der Waals surface area (Å²) in [5.41, 5.74) is 2.43. The first-order valence-corrected chi connectivity index (χ1v) is 8.57. The number of aromatic nitrogens is 3. The molecule has 3 aromatic rings. The van der Waals surface area contributed by atoms with E-state index >= 15 is 0 Å². The van der Waals surface area contributed by atoms with Gasteiger partial charge in [-0.1, -0.05) is 11.6 Å². The monoisotopic (exact) mass is 386 g/mol. The first-order valence-electron chi connectivity index (χ1n) is 8.19. The SMILES string of the molecule is COc1ccc(NC(=O)c2c(C)nn(C)c2Cl)cc1OCc1ccncc1. The Kier molecular flexibility index (Phi) is 5.61. The molecule has 0 bridgehead atoms. The molecule has 0 unspecified atom stereocenters. The van der Waals surface area contributed by atoms with Gasteiger partial charge in [0.15, 0.2) is 11.5 Å². The summed E-state index contributed by atoms with van der Waals surface area (Å²) < 4.78 is 12.6. The van der Waals surface area contributed by atoms with Crippen LogP contribution in [0.25, 0.3) is 0 Å². The van der Waals surface area contributed by atoms with Crippen LogP contribution in [0.2, 0.25) is 5.15 Å². The zero-order chi connectivity index (χ0) is 19.4. The average molecular weight is 387 g/mol. The van der Waals surface area contributed by atoms with Gasteiger partial charge in [0.1, 0.15) is 11.8 Å². The van der Waals surface area contributed by atoms with Crippen molar-refractivity contribution in [3.05, 3.63) is 64.7 Å². The molecule has 0 aliphatic heterocycles. The molecule has 1 amide bonds. The van der Waals surface area contributed by atoms with Crippen molar-refractivity contribution in [1.29, 1.82) is 0 Å². The normalized spacial score (nSPS) is 10.5. The summed E-state index contributed by atoms with van der Waals surface area (Å²) in [5, 5.41) is 7.26. The summed E-state index contributed by atoms with van der Waals surface area (Å²) in [6, 6.07) is 8.90. The fourth-order valence-electron chi connectivity index (χ4n) is 2.59. The van der Waals surface area contributed by atoms with Crippen LogP contribution < -0.4 is 14.8 Å². The molecule has 7 nitrogen and oxygen atoms in total. The number of carbonyl (C=O) groups excluding carboxylic acids is 1. The smallest absolute Gasteiger partial charge is 0.260 e. The summed E-state index contributed by atoms with van der Waals surface area (Å²) >= 11 is 6.16. The van der Waals surface area contributed by atoms with Gasteiger partial charge in [-0.2, -0.15) is 5.10 Å². The van der Waals surface area contributed by atoms with Gasteiger partial charge in [0.25, 0.3) is 5.91 Å². The molecular formula is C19H19ClN4O3. The highest BCUT2D eigenvalue weighted by atomic mass is 35.5. The largest absolute Gasteiger partial charge is 0.493 e. The molecule has 0 saturated carbocycles. The summed E-state index contributed by atoms with van der Waals surface area (Å²) in [5.74, 6) is 0.745. The Bertz CT molecular complexity index is 957. The number of aryl methyl sites for hydroxylation is 2. The number of ether oxygens (including phenoxy) is 2. The Morgan fingerprint density at radius 1 is 1.22 bits per heavy atom. The third-order valence-electron chi connectivity index (χ3n) is 3.94. The molecule has 3 rings (SSSR count). The van der Waals surface area contributed by atoms with Crippen molar-refractivity contribution in [3.8, 4) is 11.5 Å². The minimum atomic E-state index is -0.337. The summed E-state index contributed by atoms with van der Waals surface area (Å²) in [4.78, 5) is 16.6. The van der Waals surface area contributed by atoms with Crippen molar-refractivity contribution in [2.24, 2.45) is 7.05 Å². The maximum absolute atomic E-state index is 12.6. The lowest BCUT2D eigenvalue weighted by Gasteiger charge is -2.13. The van der Waals surface area contributed by atoms with Crippen molar-refractivity contribution >= 4 is 23.2 Å². The molecule has 140 valence electrons. The van der Waals surface area contributed by atoms with Gasteiger partial charge in [-0.05, 0) is 36.8 Å². The topological polar surface area (TPSA) is 78.3 Å². The minimum absolute atomic E-state index is 0.285. The van der Waals surface area contributed by atoms with E-state index in [9.17, 15) is 4.79 Å². The number of nitrogens with zero attached hydrogens (tertiary/aromatic N) is 3. The number of pyridine rings is 1. The third-order valence-corrected chi connectivity index (χ3v) is 4.38. The number of hydrogen-bond acceptors (Lipinski definition) is 5. The number of carbonyl (C=O) groups is 1. The van der Waals surface area contributed by atoms with Crippen LogP contribution in [-0.2, 0) is 13.7 Å². The van der Waals surface area contributed by atoms with Gasteiger partial charge < -0.3 is 14.8 Å². The van der Waals surface area contributed by atoms with Crippen LogP contribution in [0.3, 0.4) is 0 Å². The molecule has 0 atom stereocenters. The highest BCUT2D eigenvalue weighted by molar-refractivity contribution is 6.33. The number of anilines is 1. The van der Waals surface area contributed by atoms with E-state index in [1.807, 2.05) is 12.1 Å². The molecule has 0 aliphatic carbocycles. The molecule has 0 radical (unpaired) electrons. The Morgan fingerprint density at radius 3 is 2.59 bits per heavy atom. The van der Waals surface area contributed by atoms with E-state index in [-0.39, 0.29) is 11.1 Å². The Morgan fingerprint density at radius 2 is 1.96 bits per heavy atom. The summed E-state index contributed by atoms with van der Waals surface area (Å²) in [6.45, 7) is 2.09. The van der Waals surface area contributed by atoms with Crippen LogP contribution in [0.1, 0.15) is 21.6 Å².